The van der Waals surface area contributed by atoms with E-state index in [2.05, 4.69) is 10.0 Å². The van der Waals surface area contributed by atoms with E-state index in [1.54, 1.807) is 0 Å². The minimum atomic E-state index is -3.74. The predicted molar refractivity (Wildman–Crippen MR) is 119 cm³/mol. The lowest BCUT2D eigenvalue weighted by molar-refractivity contribution is 0.0638. The molecule has 0 unspecified atom stereocenters. The summed E-state index contributed by atoms with van der Waals surface area (Å²) in [5.74, 6) is -0.799. The van der Waals surface area contributed by atoms with Gasteiger partial charge in [-0.2, -0.15) is 0 Å². The summed E-state index contributed by atoms with van der Waals surface area (Å²) in [7, 11) is -0.715. The third-order valence-corrected chi connectivity index (χ3v) is 6.51. The van der Waals surface area contributed by atoms with E-state index in [0.717, 1.165) is 4.90 Å². The molecule has 0 saturated heterocycles. The number of sulfonamides is 1. The van der Waals surface area contributed by atoms with Gasteiger partial charge in [0.05, 0.1) is 23.1 Å². The van der Waals surface area contributed by atoms with Crippen LogP contribution in [0.4, 0.5) is 0 Å². The highest BCUT2D eigenvalue weighted by Gasteiger charge is 2.35. The highest BCUT2D eigenvalue weighted by molar-refractivity contribution is 7.89. The van der Waals surface area contributed by atoms with Crippen molar-refractivity contribution in [3.8, 4) is 5.75 Å². The molecular formula is C22H25N3O7S. The first-order valence-corrected chi connectivity index (χ1v) is 11.7. The van der Waals surface area contributed by atoms with Crippen LogP contribution in [0.25, 0.3) is 0 Å². The third kappa shape index (κ3) is 5.56. The maximum absolute atomic E-state index is 12.6. The molecule has 0 saturated carbocycles. The van der Waals surface area contributed by atoms with Crippen molar-refractivity contribution >= 4 is 27.7 Å². The molecule has 176 valence electrons. The summed E-state index contributed by atoms with van der Waals surface area (Å²) in [5, 5.41) is 2.60. The van der Waals surface area contributed by atoms with Crippen molar-refractivity contribution in [3.63, 3.8) is 0 Å². The number of nitrogens with zero attached hydrogens (tertiary/aromatic N) is 1. The van der Waals surface area contributed by atoms with E-state index in [0.29, 0.717) is 18.8 Å². The first kappa shape index (κ1) is 24.4. The van der Waals surface area contributed by atoms with Crippen molar-refractivity contribution in [1.29, 1.82) is 0 Å². The molecule has 1 aliphatic rings. The van der Waals surface area contributed by atoms with E-state index in [1.165, 1.54) is 56.7 Å². The summed E-state index contributed by atoms with van der Waals surface area (Å²) in [4.78, 5) is 38.7. The molecule has 10 nitrogen and oxygen atoms in total. The van der Waals surface area contributed by atoms with Gasteiger partial charge in [0, 0.05) is 38.9 Å². The molecule has 0 aromatic heterocycles. The molecule has 3 rings (SSSR count). The lowest BCUT2D eigenvalue weighted by Crippen LogP contribution is -2.34. The van der Waals surface area contributed by atoms with Crippen LogP contribution in [-0.4, -0.2) is 71.5 Å². The molecule has 1 heterocycles. The smallest absolute Gasteiger partial charge is 0.261 e. The fourth-order valence-electron chi connectivity index (χ4n) is 3.30. The Labute approximate surface area is 191 Å². The van der Waals surface area contributed by atoms with Gasteiger partial charge in [0.2, 0.25) is 10.0 Å². The van der Waals surface area contributed by atoms with Crippen LogP contribution in [0.15, 0.2) is 47.4 Å². The molecule has 0 atom stereocenters. The van der Waals surface area contributed by atoms with Crippen LogP contribution in [0.3, 0.4) is 0 Å². The van der Waals surface area contributed by atoms with Crippen LogP contribution >= 0.6 is 0 Å². The standard InChI is InChI=1S/C22H25N3O7S/c1-31-13-3-12-25-21(27)18-9-4-15(14-19(18)22(25)28)20(26)23-10-11-24-33(29,30)17-7-5-16(32-2)6-8-17/h4-9,14,24H,3,10-13H2,1-2H3,(H,23,26). The lowest BCUT2D eigenvalue weighted by Gasteiger charge is -2.12. The van der Waals surface area contributed by atoms with Crippen LogP contribution in [0.1, 0.15) is 37.5 Å². The van der Waals surface area contributed by atoms with Crippen LogP contribution in [-0.2, 0) is 14.8 Å². The minimum absolute atomic E-state index is 0.0291. The predicted octanol–water partition coefficient (Wildman–Crippen LogP) is 1.04. The van der Waals surface area contributed by atoms with Crippen LogP contribution in [0, 0.1) is 0 Å². The van der Waals surface area contributed by atoms with Crippen LogP contribution < -0.4 is 14.8 Å². The van der Waals surface area contributed by atoms with Gasteiger partial charge in [-0.15, -0.1) is 0 Å². The van der Waals surface area contributed by atoms with Crippen molar-refractivity contribution in [2.45, 2.75) is 11.3 Å². The topological polar surface area (TPSA) is 131 Å². The van der Waals surface area contributed by atoms with E-state index < -0.39 is 27.7 Å². The van der Waals surface area contributed by atoms with Gasteiger partial charge in [-0.25, -0.2) is 13.1 Å². The molecule has 11 heteroatoms. The van der Waals surface area contributed by atoms with Crippen molar-refractivity contribution in [3.05, 3.63) is 59.2 Å². The number of methoxy groups -OCH3 is 2. The molecule has 1 aliphatic heterocycles. The van der Waals surface area contributed by atoms with E-state index in [9.17, 15) is 22.8 Å². The van der Waals surface area contributed by atoms with Crippen molar-refractivity contribution in [1.82, 2.24) is 14.9 Å². The summed E-state index contributed by atoms with van der Waals surface area (Å²) in [5.41, 5.74) is 0.623. The van der Waals surface area contributed by atoms with Gasteiger partial charge in [0.15, 0.2) is 0 Å². The van der Waals surface area contributed by atoms with Gasteiger partial charge < -0.3 is 14.8 Å². The average Bonchev–Trinajstić information content (AvgIpc) is 3.06. The van der Waals surface area contributed by atoms with Crippen LogP contribution in [0.2, 0.25) is 0 Å². The van der Waals surface area contributed by atoms with Gasteiger partial charge in [-0.1, -0.05) is 0 Å². The van der Waals surface area contributed by atoms with E-state index in [4.69, 9.17) is 9.47 Å². The normalized spacial score (nSPS) is 13.2. The maximum atomic E-state index is 12.6. The number of carbonyl (C=O) groups excluding carboxylic acids is 3. The van der Waals surface area contributed by atoms with E-state index in [-0.39, 0.29) is 41.2 Å². The Hall–Kier alpha value is -3.28. The van der Waals surface area contributed by atoms with Gasteiger partial charge in [0.25, 0.3) is 17.7 Å². The number of benzene rings is 2. The number of amides is 3. The summed E-state index contributed by atoms with van der Waals surface area (Å²) < 4.78 is 37.0. The highest BCUT2D eigenvalue weighted by atomic mass is 32.2. The van der Waals surface area contributed by atoms with Crippen molar-refractivity contribution < 1.29 is 32.3 Å². The Morgan fingerprint density at radius 1 is 0.970 bits per heavy atom. The van der Waals surface area contributed by atoms with E-state index in [1.807, 2.05) is 0 Å². The van der Waals surface area contributed by atoms with Gasteiger partial charge in [-0.3, -0.25) is 19.3 Å². The third-order valence-electron chi connectivity index (χ3n) is 5.04. The number of rotatable bonds is 11. The fourth-order valence-corrected chi connectivity index (χ4v) is 4.34. The second kappa shape index (κ2) is 10.6. The van der Waals surface area contributed by atoms with Gasteiger partial charge in [0.1, 0.15) is 5.75 Å². The summed E-state index contributed by atoms with van der Waals surface area (Å²) in [6.45, 7) is 0.649. The monoisotopic (exact) mass is 475 g/mol. The molecule has 0 radical (unpaired) electrons. The number of ether oxygens (including phenoxy) is 2. The second-order valence-corrected chi connectivity index (χ2v) is 8.96. The molecule has 0 spiro atoms. The molecule has 0 aliphatic carbocycles. The van der Waals surface area contributed by atoms with E-state index >= 15 is 0 Å². The summed E-state index contributed by atoms with van der Waals surface area (Å²) >= 11 is 0. The molecule has 2 aromatic carbocycles. The second-order valence-electron chi connectivity index (χ2n) is 7.20. The number of hydrogen-bond acceptors (Lipinski definition) is 7. The Kier molecular flexibility index (Phi) is 7.79. The maximum Gasteiger partial charge on any atom is 0.261 e. The molecule has 0 fully saturated rings. The molecule has 2 aromatic rings. The molecular weight excluding hydrogens is 450 g/mol. The lowest BCUT2D eigenvalue weighted by atomic mass is 10.1. The SMILES string of the molecule is COCCCN1C(=O)c2ccc(C(=O)NCCNS(=O)(=O)c3ccc(OC)cc3)cc2C1=O. The Morgan fingerprint density at radius 2 is 1.67 bits per heavy atom. The molecule has 0 bridgehead atoms. The number of hydrogen-bond donors (Lipinski definition) is 2. The first-order chi connectivity index (χ1) is 15.8. The number of carbonyl (C=O) groups is 3. The largest absolute Gasteiger partial charge is 0.497 e. The highest BCUT2D eigenvalue weighted by Crippen LogP contribution is 2.24. The minimum Gasteiger partial charge on any atom is -0.497 e. The number of imide groups is 1. The molecule has 3 amide bonds. The van der Waals surface area contributed by atoms with Gasteiger partial charge in [-0.05, 0) is 48.9 Å². The zero-order valence-electron chi connectivity index (χ0n) is 18.3. The Morgan fingerprint density at radius 3 is 2.33 bits per heavy atom. The van der Waals surface area contributed by atoms with Crippen molar-refractivity contribution in [2.75, 3.05) is 40.5 Å². The zero-order chi connectivity index (χ0) is 24.0. The number of nitrogens with one attached hydrogen (secondary N) is 2. The Bertz CT molecular complexity index is 1150. The van der Waals surface area contributed by atoms with Gasteiger partial charge >= 0.3 is 0 Å². The quantitative estimate of drug-likeness (QED) is 0.367. The average molecular weight is 476 g/mol. The van der Waals surface area contributed by atoms with Crippen molar-refractivity contribution in [2.24, 2.45) is 0 Å². The Balaban J connectivity index is 1.55. The van der Waals surface area contributed by atoms with Crippen LogP contribution in [0.5, 0.6) is 5.75 Å². The summed E-state index contributed by atoms with van der Waals surface area (Å²) in [6, 6.07) is 10.2. The number of fused-ring (bicyclic) bond motifs is 1. The molecule has 2 N–H and O–H groups in total. The zero-order valence-corrected chi connectivity index (χ0v) is 19.1. The first-order valence-electron chi connectivity index (χ1n) is 10.2. The molecule has 33 heavy (non-hydrogen) atoms. The fraction of sp³-hybridized carbons (Fsp3) is 0.318. The summed E-state index contributed by atoms with van der Waals surface area (Å²) in [6.07, 6.45) is 0.516.